The summed E-state index contributed by atoms with van der Waals surface area (Å²) in [6.07, 6.45) is 2.54. The number of carbonyl (C=O) groups excluding carboxylic acids is 1. The van der Waals surface area contributed by atoms with Crippen LogP contribution in [0.15, 0.2) is 54.7 Å². The molecule has 0 fully saturated rings. The Labute approximate surface area is 182 Å². The van der Waals surface area contributed by atoms with Gasteiger partial charge in [-0.25, -0.2) is 8.78 Å². The van der Waals surface area contributed by atoms with E-state index in [1.165, 1.54) is 6.07 Å². The fourth-order valence-electron chi connectivity index (χ4n) is 3.67. The predicted molar refractivity (Wildman–Crippen MR) is 118 cm³/mol. The van der Waals surface area contributed by atoms with Crippen molar-refractivity contribution in [3.63, 3.8) is 0 Å². The maximum Gasteiger partial charge on any atom is 0.227 e. The molecule has 5 nitrogen and oxygen atoms in total. The van der Waals surface area contributed by atoms with Gasteiger partial charge in [-0.05, 0) is 50.6 Å². The van der Waals surface area contributed by atoms with Gasteiger partial charge in [-0.3, -0.25) is 4.79 Å². The highest BCUT2D eigenvalue weighted by atomic mass is 19.1. The third kappa shape index (κ3) is 5.82. The molecule has 3 N–H and O–H groups in total. The number of halogens is 2. The Morgan fingerprint density at radius 2 is 1.90 bits per heavy atom. The molecule has 0 aliphatic carbocycles. The van der Waals surface area contributed by atoms with Gasteiger partial charge in [0.15, 0.2) is 0 Å². The largest absolute Gasteiger partial charge is 0.356 e. The fourth-order valence-corrected chi connectivity index (χ4v) is 3.67. The number of carbonyl (C=O) groups is 1. The van der Waals surface area contributed by atoms with Gasteiger partial charge in [-0.1, -0.05) is 30.3 Å². The molecule has 0 spiro atoms. The molecule has 0 atom stereocenters. The Morgan fingerprint density at radius 1 is 1.16 bits per heavy atom. The van der Waals surface area contributed by atoms with Crippen LogP contribution in [0.25, 0.3) is 5.70 Å². The van der Waals surface area contributed by atoms with Gasteiger partial charge in [0.2, 0.25) is 5.91 Å². The van der Waals surface area contributed by atoms with Crippen molar-refractivity contribution in [3.05, 3.63) is 77.5 Å². The van der Waals surface area contributed by atoms with Crippen LogP contribution in [-0.4, -0.2) is 42.0 Å². The molecular formula is C24H30F2N4O. The van der Waals surface area contributed by atoms with Crippen LogP contribution < -0.4 is 11.1 Å². The summed E-state index contributed by atoms with van der Waals surface area (Å²) in [5.74, 6) is -1.09. The van der Waals surface area contributed by atoms with E-state index in [1.54, 1.807) is 0 Å². The maximum absolute atomic E-state index is 14.6. The first-order valence-electron chi connectivity index (χ1n) is 10.5. The van der Waals surface area contributed by atoms with Crippen molar-refractivity contribution in [1.29, 1.82) is 0 Å². The van der Waals surface area contributed by atoms with E-state index >= 15 is 0 Å². The van der Waals surface area contributed by atoms with E-state index in [2.05, 4.69) is 5.32 Å². The molecule has 0 radical (unpaired) electrons. The van der Waals surface area contributed by atoms with Crippen LogP contribution >= 0.6 is 0 Å². The summed E-state index contributed by atoms with van der Waals surface area (Å²) < 4.78 is 28.5. The van der Waals surface area contributed by atoms with Crippen LogP contribution in [0.3, 0.4) is 0 Å². The summed E-state index contributed by atoms with van der Waals surface area (Å²) in [4.78, 5) is 16.7. The molecule has 31 heavy (non-hydrogen) atoms. The Kier molecular flexibility index (Phi) is 7.28. The van der Waals surface area contributed by atoms with Crippen molar-refractivity contribution in [3.8, 4) is 0 Å². The number of rotatable bonds is 9. The topological polar surface area (TPSA) is 61.6 Å². The molecule has 1 aliphatic heterocycles. The first-order chi connectivity index (χ1) is 14.8. The first-order valence-corrected chi connectivity index (χ1v) is 10.5. The standard InChI is InChI=1S/C24H30F2N4O/c1-24(2,23(31)28-12-6-11-27)16-30-17-29(14-18-7-4-3-5-8-18)15-22(30)20-13-19(25)9-10-21(20)26/h3-5,7-10,13,15H,6,11-12,14,16-17,27H2,1-2H3,(H,28,31). The first kappa shape index (κ1) is 22.7. The van der Waals surface area contributed by atoms with Gasteiger partial charge in [0.1, 0.15) is 11.6 Å². The second-order valence-electron chi connectivity index (χ2n) is 8.49. The second kappa shape index (κ2) is 9.92. The average Bonchev–Trinajstić information content (AvgIpc) is 3.11. The third-order valence-corrected chi connectivity index (χ3v) is 5.30. The Morgan fingerprint density at radius 3 is 2.61 bits per heavy atom. The summed E-state index contributed by atoms with van der Waals surface area (Å²) in [6, 6.07) is 13.4. The zero-order valence-electron chi connectivity index (χ0n) is 18.1. The smallest absolute Gasteiger partial charge is 0.227 e. The lowest BCUT2D eigenvalue weighted by Crippen LogP contribution is -2.45. The normalized spacial score (nSPS) is 14.0. The molecule has 166 valence electrons. The molecule has 0 unspecified atom stereocenters. The summed E-state index contributed by atoms with van der Waals surface area (Å²) in [6.45, 7) is 6.18. The lowest BCUT2D eigenvalue weighted by Gasteiger charge is -2.32. The van der Waals surface area contributed by atoms with Gasteiger partial charge >= 0.3 is 0 Å². The van der Waals surface area contributed by atoms with Gasteiger partial charge < -0.3 is 20.9 Å². The van der Waals surface area contributed by atoms with Gasteiger partial charge in [-0.2, -0.15) is 0 Å². The zero-order valence-corrected chi connectivity index (χ0v) is 18.1. The molecule has 1 heterocycles. The molecule has 1 amide bonds. The lowest BCUT2D eigenvalue weighted by molar-refractivity contribution is -0.130. The highest BCUT2D eigenvalue weighted by molar-refractivity contribution is 5.82. The molecule has 2 aromatic carbocycles. The van der Waals surface area contributed by atoms with Crippen LogP contribution in [0.5, 0.6) is 0 Å². The van der Waals surface area contributed by atoms with E-state index in [4.69, 9.17) is 5.73 Å². The number of hydrogen-bond donors (Lipinski definition) is 2. The minimum atomic E-state index is -0.736. The number of nitrogens with zero attached hydrogens (tertiary/aromatic N) is 2. The second-order valence-corrected chi connectivity index (χ2v) is 8.49. The van der Waals surface area contributed by atoms with E-state index in [9.17, 15) is 13.6 Å². The highest BCUT2D eigenvalue weighted by Gasteiger charge is 2.34. The van der Waals surface area contributed by atoms with Gasteiger partial charge in [0.05, 0.1) is 17.8 Å². The SMILES string of the molecule is CC(C)(CN1CN(Cc2ccccc2)C=C1c1cc(F)ccc1F)C(=O)NCCCN. The highest BCUT2D eigenvalue weighted by Crippen LogP contribution is 2.32. The molecule has 0 bridgehead atoms. The van der Waals surface area contributed by atoms with Gasteiger partial charge in [0, 0.05) is 31.4 Å². The molecule has 2 aromatic rings. The van der Waals surface area contributed by atoms with Crippen molar-refractivity contribution in [2.75, 3.05) is 26.3 Å². The van der Waals surface area contributed by atoms with Crippen molar-refractivity contribution < 1.29 is 13.6 Å². The van der Waals surface area contributed by atoms with Crippen molar-refractivity contribution >= 4 is 11.6 Å². The molecule has 0 saturated heterocycles. The van der Waals surface area contributed by atoms with Crippen molar-refractivity contribution in [1.82, 2.24) is 15.1 Å². The Bertz CT molecular complexity index is 930. The Balaban J connectivity index is 1.84. The predicted octanol–water partition coefficient (Wildman–Crippen LogP) is 3.53. The minimum Gasteiger partial charge on any atom is -0.356 e. The molecular weight excluding hydrogens is 398 g/mol. The zero-order chi connectivity index (χ0) is 22.4. The van der Waals surface area contributed by atoms with Crippen molar-refractivity contribution in [2.24, 2.45) is 11.1 Å². The molecule has 0 aromatic heterocycles. The number of nitrogens with two attached hydrogens (primary N) is 1. The number of amides is 1. The number of hydrogen-bond acceptors (Lipinski definition) is 4. The molecule has 1 aliphatic rings. The van der Waals surface area contributed by atoms with Crippen LogP contribution in [0.2, 0.25) is 0 Å². The average molecular weight is 429 g/mol. The van der Waals surface area contributed by atoms with Crippen LogP contribution in [0.4, 0.5) is 8.78 Å². The summed E-state index contributed by atoms with van der Waals surface area (Å²) >= 11 is 0. The number of benzene rings is 2. The monoisotopic (exact) mass is 428 g/mol. The Hall–Kier alpha value is -2.93. The van der Waals surface area contributed by atoms with E-state index in [1.807, 2.05) is 60.2 Å². The minimum absolute atomic E-state index is 0.0958. The van der Waals surface area contributed by atoms with Crippen LogP contribution in [0, 0.1) is 17.0 Å². The summed E-state index contributed by atoms with van der Waals surface area (Å²) in [7, 11) is 0. The third-order valence-electron chi connectivity index (χ3n) is 5.30. The summed E-state index contributed by atoms with van der Waals surface area (Å²) in [5.41, 5.74) is 6.63. The van der Waals surface area contributed by atoms with E-state index in [0.29, 0.717) is 45.0 Å². The van der Waals surface area contributed by atoms with Gasteiger partial charge in [-0.15, -0.1) is 0 Å². The fraction of sp³-hybridized carbons (Fsp3) is 0.375. The summed E-state index contributed by atoms with van der Waals surface area (Å²) in [5, 5.41) is 2.91. The van der Waals surface area contributed by atoms with Gasteiger partial charge in [0.25, 0.3) is 0 Å². The molecule has 0 saturated carbocycles. The maximum atomic E-state index is 14.6. The van der Waals surface area contributed by atoms with E-state index in [0.717, 1.165) is 17.7 Å². The van der Waals surface area contributed by atoms with Crippen LogP contribution in [-0.2, 0) is 11.3 Å². The lowest BCUT2D eigenvalue weighted by atomic mass is 9.91. The molecule has 3 rings (SSSR count). The number of nitrogens with one attached hydrogen (secondary N) is 1. The molecule has 7 heteroatoms. The van der Waals surface area contributed by atoms with E-state index < -0.39 is 17.0 Å². The van der Waals surface area contributed by atoms with E-state index in [-0.39, 0.29) is 11.5 Å². The van der Waals surface area contributed by atoms with Crippen LogP contribution in [0.1, 0.15) is 31.4 Å². The van der Waals surface area contributed by atoms with Crippen molar-refractivity contribution in [2.45, 2.75) is 26.8 Å². The quantitative estimate of drug-likeness (QED) is 0.600.